The fourth-order valence-corrected chi connectivity index (χ4v) is 2.90. The maximum atomic E-state index is 12.0. The summed E-state index contributed by atoms with van der Waals surface area (Å²) in [5.41, 5.74) is 6.01. The van der Waals surface area contributed by atoms with Gasteiger partial charge in [0.25, 0.3) is 0 Å². The molecule has 2 rings (SSSR count). The van der Waals surface area contributed by atoms with Crippen molar-refractivity contribution in [2.24, 2.45) is 0 Å². The number of nitrogens with one attached hydrogen (secondary N) is 1. The minimum Gasteiger partial charge on any atom is -0.465 e. The lowest BCUT2D eigenvalue weighted by atomic mass is 10.1. The molecule has 0 aliphatic rings. The molecule has 0 bridgehead atoms. The number of anilines is 1. The van der Waals surface area contributed by atoms with Crippen LogP contribution in [0, 0.1) is 0 Å². The molecule has 8 heteroatoms. The van der Waals surface area contributed by atoms with Gasteiger partial charge in [0.1, 0.15) is 0 Å². The van der Waals surface area contributed by atoms with Crippen molar-refractivity contribution in [1.29, 1.82) is 0 Å². The van der Waals surface area contributed by atoms with Crippen molar-refractivity contribution in [3.63, 3.8) is 0 Å². The third-order valence-electron chi connectivity index (χ3n) is 3.02. The third kappa shape index (κ3) is 3.01. The average Bonchev–Trinajstić information content (AvgIpc) is 2.45. The number of nitrogens with two attached hydrogens (primary N) is 1. The van der Waals surface area contributed by atoms with E-state index in [1.807, 2.05) is 0 Å². The lowest BCUT2D eigenvalue weighted by molar-refractivity contribution is 0.0601. The lowest BCUT2D eigenvalue weighted by Crippen LogP contribution is -2.10. The highest BCUT2D eigenvalue weighted by Crippen LogP contribution is 2.30. The first-order valence-corrected chi connectivity index (χ1v) is 8.04. The summed E-state index contributed by atoms with van der Waals surface area (Å²) >= 11 is 0. The van der Waals surface area contributed by atoms with Gasteiger partial charge in [-0.3, -0.25) is 4.79 Å². The zero-order valence-corrected chi connectivity index (χ0v) is 12.7. The predicted molar refractivity (Wildman–Crippen MR) is 81.4 cm³/mol. The molecule has 0 saturated carbocycles. The van der Waals surface area contributed by atoms with Crippen LogP contribution in [0.15, 0.2) is 40.2 Å². The summed E-state index contributed by atoms with van der Waals surface area (Å²) in [6, 6.07) is 5.03. The molecule has 1 heterocycles. The standard InChI is InChI=1S/C14H14N2O5S/c1-21-14(18)9-7-13(22(2,19)20)10(6-11(9)15)12-5-8(17)3-4-16-12/h3-7H,15H2,1-2H3,(H,16,17). The number of rotatable bonds is 3. The number of hydrogen-bond acceptors (Lipinski definition) is 6. The number of ether oxygens (including phenoxy) is 1. The molecule has 116 valence electrons. The molecule has 2 aromatic rings. The number of aromatic amines is 1. The Bertz CT molecular complexity index is 900. The largest absolute Gasteiger partial charge is 0.465 e. The van der Waals surface area contributed by atoms with Crippen LogP contribution in [0.25, 0.3) is 11.3 Å². The van der Waals surface area contributed by atoms with E-state index < -0.39 is 15.8 Å². The fraction of sp³-hybridized carbons (Fsp3) is 0.143. The molecular formula is C14H14N2O5S. The lowest BCUT2D eigenvalue weighted by Gasteiger charge is -2.12. The number of pyridine rings is 1. The Morgan fingerprint density at radius 2 is 1.95 bits per heavy atom. The minimum atomic E-state index is -3.66. The topological polar surface area (TPSA) is 119 Å². The predicted octanol–water partition coefficient (Wildman–Crippen LogP) is 0.814. The zero-order valence-electron chi connectivity index (χ0n) is 11.9. The molecule has 0 amide bonds. The van der Waals surface area contributed by atoms with Crippen molar-refractivity contribution in [2.75, 3.05) is 19.1 Å². The van der Waals surface area contributed by atoms with E-state index in [9.17, 15) is 18.0 Å². The van der Waals surface area contributed by atoms with Crippen LogP contribution < -0.4 is 11.2 Å². The highest BCUT2D eigenvalue weighted by molar-refractivity contribution is 7.90. The first kappa shape index (κ1) is 15.8. The number of carbonyl (C=O) groups excluding carboxylic acids is 1. The van der Waals surface area contributed by atoms with E-state index in [0.29, 0.717) is 0 Å². The second-order valence-electron chi connectivity index (χ2n) is 4.64. The number of hydrogen-bond donors (Lipinski definition) is 2. The Labute approximate surface area is 126 Å². The maximum absolute atomic E-state index is 12.0. The van der Waals surface area contributed by atoms with Crippen LogP contribution in [0.3, 0.4) is 0 Å². The van der Waals surface area contributed by atoms with Crippen molar-refractivity contribution < 1.29 is 17.9 Å². The summed E-state index contributed by atoms with van der Waals surface area (Å²) in [5, 5.41) is 0. The van der Waals surface area contributed by atoms with E-state index in [1.54, 1.807) is 0 Å². The molecule has 22 heavy (non-hydrogen) atoms. The Morgan fingerprint density at radius 1 is 1.27 bits per heavy atom. The molecule has 0 radical (unpaired) electrons. The summed E-state index contributed by atoms with van der Waals surface area (Å²) in [6.07, 6.45) is 2.40. The van der Waals surface area contributed by atoms with Gasteiger partial charge in [-0.15, -0.1) is 0 Å². The first-order chi connectivity index (χ1) is 10.2. The van der Waals surface area contributed by atoms with Crippen LogP contribution in [0.4, 0.5) is 5.69 Å². The van der Waals surface area contributed by atoms with Gasteiger partial charge in [-0.1, -0.05) is 0 Å². The molecule has 0 atom stereocenters. The summed E-state index contributed by atoms with van der Waals surface area (Å²) in [5.74, 6) is -0.740. The van der Waals surface area contributed by atoms with E-state index in [2.05, 4.69) is 9.72 Å². The van der Waals surface area contributed by atoms with Gasteiger partial charge in [-0.2, -0.15) is 0 Å². The van der Waals surface area contributed by atoms with E-state index in [-0.39, 0.29) is 32.8 Å². The number of nitrogen functional groups attached to an aromatic ring is 1. The van der Waals surface area contributed by atoms with Crippen molar-refractivity contribution in [3.05, 3.63) is 46.2 Å². The van der Waals surface area contributed by atoms with Gasteiger partial charge >= 0.3 is 5.97 Å². The highest BCUT2D eigenvalue weighted by atomic mass is 32.2. The Hall–Kier alpha value is -2.61. The van der Waals surface area contributed by atoms with Crippen molar-refractivity contribution >= 4 is 21.5 Å². The normalized spacial score (nSPS) is 11.2. The van der Waals surface area contributed by atoms with Crippen LogP contribution >= 0.6 is 0 Å². The van der Waals surface area contributed by atoms with Gasteiger partial charge in [0.05, 0.1) is 23.3 Å². The quantitative estimate of drug-likeness (QED) is 0.637. The van der Waals surface area contributed by atoms with E-state index >= 15 is 0 Å². The number of carbonyl (C=O) groups is 1. The van der Waals surface area contributed by atoms with Crippen LogP contribution in [0.2, 0.25) is 0 Å². The number of H-pyrrole nitrogens is 1. The monoisotopic (exact) mass is 322 g/mol. The molecule has 3 N–H and O–H groups in total. The number of benzene rings is 1. The van der Waals surface area contributed by atoms with Crippen molar-refractivity contribution in [2.45, 2.75) is 4.90 Å². The molecule has 0 aliphatic heterocycles. The summed E-state index contributed by atoms with van der Waals surface area (Å²) in [4.78, 5) is 25.8. The number of methoxy groups -OCH3 is 1. The van der Waals surface area contributed by atoms with Gasteiger partial charge < -0.3 is 15.5 Å². The molecule has 1 aromatic heterocycles. The summed E-state index contributed by atoms with van der Waals surface area (Å²) < 4.78 is 28.6. The summed E-state index contributed by atoms with van der Waals surface area (Å²) in [6.45, 7) is 0. The highest BCUT2D eigenvalue weighted by Gasteiger charge is 2.21. The van der Waals surface area contributed by atoms with Gasteiger partial charge in [0, 0.05) is 35.8 Å². The van der Waals surface area contributed by atoms with Gasteiger partial charge in [-0.05, 0) is 12.1 Å². The fourth-order valence-electron chi connectivity index (χ4n) is 2.00. The second kappa shape index (κ2) is 5.64. The Balaban J connectivity index is 2.82. The molecule has 0 spiro atoms. The minimum absolute atomic E-state index is 0.0510. The molecule has 0 saturated heterocycles. The zero-order chi connectivity index (χ0) is 16.5. The average molecular weight is 322 g/mol. The molecular weight excluding hydrogens is 308 g/mol. The SMILES string of the molecule is COC(=O)c1cc(S(C)(=O)=O)c(-c2cc(=O)cc[nH]2)cc1N. The van der Waals surface area contributed by atoms with Gasteiger partial charge in [-0.25, -0.2) is 13.2 Å². The molecule has 1 aromatic carbocycles. The van der Waals surface area contributed by atoms with Crippen LogP contribution in [-0.2, 0) is 14.6 Å². The van der Waals surface area contributed by atoms with Gasteiger partial charge in [0.2, 0.25) is 0 Å². The first-order valence-electron chi connectivity index (χ1n) is 6.15. The third-order valence-corrected chi connectivity index (χ3v) is 4.16. The van der Waals surface area contributed by atoms with E-state index in [4.69, 9.17) is 5.73 Å². The smallest absolute Gasteiger partial charge is 0.339 e. The van der Waals surface area contributed by atoms with Crippen LogP contribution in [0.5, 0.6) is 0 Å². The maximum Gasteiger partial charge on any atom is 0.339 e. The number of esters is 1. The Kier molecular flexibility index (Phi) is 4.05. The molecule has 7 nitrogen and oxygen atoms in total. The van der Waals surface area contributed by atoms with Gasteiger partial charge in [0.15, 0.2) is 15.3 Å². The van der Waals surface area contributed by atoms with E-state index in [1.165, 1.54) is 31.5 Å². The summed E-state index contributed by atoms with van der Waals surface area (Å²) in [7, 11) is -2.49. The molecule has 0 aliphatic carbocycles. The Morgan fingerprint density at radius 3 is 2.50 bits per heavy atom. The van der Waals surface area contributed by atoms with E-state index in [0.717, 1.165) is 12.3 Å². The van der Waals surface area contributed by atoms with Crippen LogP contribution in [0.1, 0.15) is 10.4 Å². The van der Waals surface area contributed by atoms with Crippen molar-refractivity contribution in [3.8, 4) is 11.3 Å². The number of sulfone groups is 1. The number of aromatic nitrogens is 1. The molecule has 0 fully saturated rings. The van der Waals surface area contributed by atoms with Crippen LogP contribution in [-0.4, -0.2) is 32.7 Å². The molecule has 0 unspecified atom stereocenters. The second-order valence-corrected chi connectivity index (χ2v) is 6.62. The van der Waals surface area contributed by atoms with Crippen molar-refractivity contribution in [1.82, 2.24) is 4.98 Å².